The van der Waals surface area contributed by atoms with Crippen LogP contribution in [0.4, 0.5) is 0 Å². The normalized spacial score (nSPS) is 19.5. The Bertz CT molecular complexity index is 267. The van der Waals surface area contributed by atoms with Crippen LogP contribution in [0.5, 0.6) is 0 Å². The van der Waals surface area contributed by atoms with E-state index in [1.54, 1.807) is 11.3 Å². The molecule has 1 fully saturated rings. The van der Waals surface area contributed by atoms with Crippen LogP contribution < -0.4 is 5.73 Å². The summed E-state index contributed by atoms with van der Waals surface area (Å²) >= 11 is 1.62. The number of rotatable bonds is 3. The molecule has 0 radical (unpaired) electrons. The minimum absolute atomic E-state index is 0.324. The molecule has 1 aromatic heterocycles. The average Bonchev–Trinajstić information content (AvgIpc) is 2.83. The summed E-state index contributed by atoms with van der Waals surface area (Å²) in [6.07, 6.45) is 2.17. The van der Waals surface area contributed by atoms with Gasteiger partial charge in [0.25, 0.3) is 0 Å². The van der Waals surface area contributed by atoms with Crippen LogP contribution in [0.25, 0.3) is 0 Å². The zero-order valence-corrected chi connectivity index (χ0v) is 7.68. The quantitative estimate of drug-likeness (QED) is 0.748. The van der Waals surface area contributed by atoms with Gasteiger partial charge < -0.3 is 10.8 Å². The molecule has 2 rings (SSSR count). The Kier molecular flexibility index (Phi) is 2.17. The summed E-state index contributed by atoms with van der Waals surface area (Å²) in [4.78, 5) is 1.01. The van der Waals surface area contributed by atoms with Gasteiger partial charge in [-0.05, 0) is 35.8 Å². The van der Waals surface area contributed by atoms with Crippen LogP contribution in [0.3, 0.4) is 0 Å². The molecule has 1 aliphatic carbocycles. The van der Waals surface area contributed by atoms with Crippen LogP contribution >= 0.6 is 11.3 Å². The van der Waals surface area contributed by atoms with Crippen LogP contribution in [-0.2, 0) is 0 Å². The first-order chi connectivity index (χ1) is 5.81. The second-order valence-corrected chi connectivity index (χ2v) is 4.25. The third-order valence-corrected chi connectivity index (χ3v) is 3.29. The Morgan fingerprint density at radius 3 is 3.00 bits per heavy atom. The highest BCUT2D eigenvalue weighted by molar-refractivity contribution is 7.10. The summed E-state index contributed by atoms with van der Waals surface area (Å²) in [6, 6.07) is 2.10. The van der Waals surface area contributed by atoms with Gasteiger partial charge in [0, 0.05) is 11.4 Å². The minimum atomic E-state index is -0.456. The molecule has 1 heterocycles. The van der Waals surface area contributed by atoms with Gasteiger partial charge in [-0.2, -0.15) is 0 Å². The number of nitrogens with two attached hydrogens (primary N) is 1. The SMILES string of the molecule is NCC(O)c1cc(C2CC2)cs1. The lowest BCUT2D eigenvalue weighted by molar-refractivity contribution is 0.190. The van der Waals surface area contributed by atoms with Crippen molar-refractivity contribution in [3.8, 4) is 0 Å². The van der Waals surface area contributed by atoms with E-state index in [1.165, 1.54) is 18.4 Å². The van der Waals surface area contributed by atoms with Crippen LogP contribution in [-0.4, -0.2) is 11.7 Å². The van der Waals surface area contributed by atoms with Crippen molar-refractivity contribution >= 4 is 11.3 Å². The molecule has 66 valence electrons. The molecule has 12 heavy (non-hydrogen) atoms. The van der Waals surface area contributed by atoms with Crippen LogP contribution in [0.15, 0.2) is 11.4 Å². The number of hydrogen-bond donors (Lipinski definition) is 2. The maximum atomic E-state index is 9.43. The minimum Gasteiger partial charge on any atom is -0.386 e. The molecule has 0 spiro atoms. The smallest absolute Gasteiger partial charge is 0.100 e. The van der Waals surface area contributed by atoms with E-state index in [2.05, 4.69) is 11.4 Å². The predicted octanol–water partition coefficient (Wildman–Crippen LogP) is 1.62. The van der Waals surface area contributed by atoms with Gasteiger partial charge in [0.15, 0.2) is 0 Å². The van der Waals surface area contributed by atoms with Crippen molar-refractivity contribution in [1.29, 1.82) is 0 Å². The molecule has 1 saturated carbocycles. The largest absolute Gasteiger partial charge is 0.386 e. The van der Waals surface area contributed by atoms with Crippen molar-refractivity contribution in [1.82, 2.24) is 0 Å². The maximum absolute atomic E-state index is 9.43. The molecule has 1 aliphatic rings. The maximum Gasteiger partial charge on any atom is 0.100 e. The molecule has 1 unspecified atom stereocenters. The fraction of sp³-hybridized carbons (Fsp3) is 0.556. The van der Waals surface area contributed by atoms with Gasteiger partial charge in [0.05, 0.1) is 0 Å². The Morgan fingerprint density at radius 1 is 1.67 bits per heavy atom. The number of aliphatic hydroxyl groups is 1. The van der Waals surface area contributed by atoms with Gasteiger partial charge in [-0.1, -0.05) is 0 Å². The third kappa shape index (κ3) is 1.53. The lowest BCUT2D eigenvalue weighted by Gasteiger charge is -2.02. The summed E-state index contributed by atoms with van der Waals surface area (Å²) in [5.74, 6) is 0.778. The van der Waals surface area contributed by atoms with Gasteiger partial charge in [0.2, 0.25) is 0 Å². The predicted molar refractivity (Wildman–Crippen MR) is 50.3 cm³/mol. The molecular weight excluding hydrogens is 170 g/mol. The van der Waals surface area contributed by atoms with Crippen LogP contribution in [0.2, 0.25) is 0 Å². The molecule has 0 aliphatic heterocycles. The van der Waals surface area contributed by atoms with Crippen molar-refractivity contribution in [2.24, 2.45) is 5.73 Å². The summed E-state index contributed by atoms with van der Waals surface area (Å²) in [5, 5.41) is 11.6. The highest BCUT2D eigenvalue weighted by Gasteiger charge is 2.25. The second kappa shape index (κ2) is 3.17. The Morgan fingerprint density at radius 2 is 2.42 bits per heavy atom. The lowest BCUT2D eigenvalue weighted by Crippen LogP contribution is -2.09. The van der Waals surface area contributed by atoms with Crippen LogP contribution in [0, 0.1) is 0 Å². The Hall–Kier alpha value is -0.380. The summed E-state index contributed by atoms with van der Waals surface area (Å²) in [7, 11) is 0. The summed E-state index contributed by atoms with van der Waals surface area (Å²) < 4.78 is 0. The standard InChI is InChI=1S/C9H13NOS/c10-4-8(11)9-3-7(5-12-9)6-1-2-6/h3,5-6,8,11H,1-2,4,10H2. The first kappa shape index (κ1) is 8.23. The summed E-state index contributed by atoms with van der Waals surface area (Å²) in [5.41, 5.74) is 6.75. The fourth-order valence-corrected chi connectivity index (χ4v) is 2.28. The first-order valence-electron chi connectivity index (χ1n) is 4.27. The Balaban J connectivity index is 2.12. The number of hydrogen-bond acceptors (Lipinski definition) is 3. The van der Waals surface area contributed by atoms with Crippen LogP contribution in [0.1, 0.15) is 35.3 Å². The van der Waals surface area contributed by atoms with E-state index in [4.69, 9.17) is 5.73 Å². The molecule has 0 bridgehead atoms. The van der Waals surface area contributed by atoms with E-state index in [1.807, 2.05) is 0 Å². The molecule has 0 aromatic carbocycles. The van der Waals surface area contributed by atoms with Gasteiger partial charge in [-0.3, -0.25) is 0 Å². The van der Waals surface area contributed by atoms with E-state index in [0.29, 0.717) is 6.54 Å². The topological polar surface area (TPSA) is 46.2 Å². The molecule has 3 N–H and O–H groups in total. The van der Waals surface area contributed by atoms with E-state index < -0.39 is 6.10 Å². The van der Waals surface area contributed by atoms with Gasteiger partial charge in [0.1, 0.15) is 6.10 Å². The van der Waals surface area contributed by atoms with Crippen molar-refractivity contribution in [2.75, 3.05) is 6.54 Å². The van der Waals surface area contributed by atoms with E-state index in [0.717, 1.165) is 10.8 Å². The van der Waals surface area contributed by atoms with Gasteiger partial charge >= 0.3 is 0 Å². The first-order valence-corrected chi connectivity index (χ1v) is 5.15. The number of aliphatic hydroxyl groups excluding tert-OH is 1. The molecule has 0 saturated heterocycles. The monoisotopic (exact) mass is 183 g/mol. The lowest BCUT2D eigenvalue weighted by atomic mass is 10.2. The van der Waals surface area contributed by atoms with E-state index >= 15 is 0 Å². The third-order valence-electron chi connectivity index (χ3n) is 2.24. The molecule has 3 heteroatoms. The highest BCUT2D eigenvalue weighted by atomic mass is 32.1. The highest BCUT2D eigenvalue weighted by Crippen LogP contribution is 2.42. The second-order valence-electron chi connectivity index (χ2n) is 3.31. The van der Waals surface area contributed by atoms with E-state index in [9.17, 15) is 5.11 Å². The van der Waals surface area contributed by atoms with Gasteiger partial charge in [-0.25, -0.2) is 0 Å². The van der Waals surface area contributed by atoms with Crippen molar-refractivity contribution < 1.29 is 5.11 Å². The molecule has 1 atom stereocenters. The summed E-state index contributed by atoms with van der Waals surface area (Å²) in [6.45, 7) is 0.324. The zero-order valence-electron chi connectivity index (χ0n) is 6.86. The van der Waals surface area contributed by atoms with Crippen molar-refractivity contribution in [3.63, 3.8) is 0 Å². The Labute approximate surface area is 76.0 Å². The van der Waals surface area contributed by atoms with Crippen molar-refractivity contribution in [3.05, 3.63) is 21.9 Å². The zero-order chi connectivity index (χ0) is 8.55. The van der Waals surface area contributed by atoms with Gasteiger partial charge in [-0.15, -0.1) is 11.3 Å². The fourth-order valence-electron chi connectivity index (χ4n) is 1.29. The number of thiophene rings is 1. The average molecular weight is 183 g/mol. The molecule has 0 amide bonds. The molecule has 2 nitrogen and oxygen atoms in total. The van der Waals surface area contributed by atoms with E-state index in [-0.39, 0.29) is 0 Å². The molecular formula is C9H13NOS. The molecule has 1 aromatic rings. The van der Waals surface area contributed by atoms with Crippen molar-refractivity contribution in [2.45, 2.75) is 24.9 Å².